The molecule has 0 radical (unpaired) electrons. The first kappa shape index (κ1) is 15.8. The zero-order valence-electron chi connectivity index (χ0n) is 13.7. The minimum Gasteiger partial charge on any atom is -0.508 e. The van der Waals surface area contributed by atoms with E-state index < -0.39 is 0 Å². The van der Waals surface area contributed by atoms with Crippen LogP contribution in [0.3, 0.4) is 0 Å². The van der Waals surface area contributed by atoms with Crippen molar-refractivity contribution < 1.29 is 9.90 Å². The molecule has 0 aliphatic heterocycles. The van der Waals surface area contributed by atoms with Crippen LogP contribution in [0.25, 0.3) is 17.1 Å². The van der Waals surface area contributed by atoms with Gasteiger partial charge in [-0.25, -0.2) is 4.98 Å². The summed E-state index contributed by atoms with van der Waals surface area (Å²) in [5.74, 6) is 0.954. The first-order valence-electron chi connectivity index (χ1n) is 7.67. The maximum Gasteiger partial charge on any atom is 0.226 e. The third kappa shape index (κ3) is 3.15. The highest BCUT2D eigenvalue weighted by Crippen LogP contribution is 2.26. The lowest BCUT2D eigenvalue weighted by Gasteiger charge is -2.15. The topological polar surface area (TPSA) is 58.4 Å². The Morgan fingerprint density at radius 3 is 2.71 bits per heavy atom. The maximum absolute atomic E-state index is 12.1. The number of aromatic hydroxyl groups is 1. The molecule has 5 heteroatoms. The molecule has 3 aromatic rings. The molecule has 1 amide bonds. The van der Waals surface area contributed by atoms with E-state index in [2.05, 4.69) is 4.98 Å². The van der Waals surface area contributed by atoms with Crippen LogP contribution in [0.15, 0.2) is 60.9 Å². The lowest BCUT2D eigenvalue weighted by atomic mass is 10.1. The molecule has 0 saturated heterocycles. The Morgan fingerprint density at radius 1 is 1.17 bits per heavy atom. The van der Waals surface area contributed by atoms with Gasteiger partial charge in [-0.1, -0.05) is 30.3 Å². The summed E-state index contributed by atoms with van der Waals surface area (Å²) in [7, 11) is 3.50. The van der Waals surface area contributed by atoms with Crippen molar-refractivity contribution in [3.63, 3.8) is 0 Å². The Balaban J connectivity index is 2.05. The van der Waals surface area contributed by atoms with Gasteiger partial charge in [0.1, 0.15) is 11.6 Å². The fraction of sp³-hybridized carbons (Fsp3) is 0.158. The van der Waals surface area contributed by atoms with Crippen LogP contribution in [0.4, 0.5) is 0 Å². The van der Waals surface area contributed by atoms with Crippen LogP contribution >= 0.6 is 0 Å². The van der Waals surface area contributed by atoms with Crippen molar-refractivity contribution in [3.8, 4) is 22.8 Å². The molecule has 0 aliphatic carbocycles. The van der Waals surface area contributed by atoms with Gasteiger partial charge in [0.15, 0.2) is 0 Å². The van der Waals surface area contributed by atoms with Gasteiger partial charge in [-0.2, -0.15) is 0 Å². The maximum atomic E-state index is 12.1. The molecule has 122 valence electrons. The summed E-state index contributed by atoms with van der Waals surface area (Å²) >= 11 is 0. The number of amides is 1. The number of phenolic OH excluding ortho intramolecular Hbond substituents is 1. The number of nitrogens with zero attached hydrogens (tertiary/aromatic N) is 3. The monoisotopic (exact) mass is 321 g/mol. The minimum absolute atomic E-state index is 0.0430. The average Bonchev–Trinajstić information content (AvgIpc) is 3.04. The van der Waals surface area contributed by atoms with Crippen LogP contribution in [-0.2, 0) is 11.2 Å². The predicted octanol–water partition coefficient (Wildman–Crippen LogP) is 2.88. The first-order chi connectivity index (χ1) is 11.6. The largest absolute Gasteiger partial charge is 0.508 e. The third-order valence-electron chi connectivity index (χ3n) is 3.84. The molecule has 0 unspecified atom stereocenters. The summed E-state index contributed by atoms with van der Waals surface area (Å²) < 4.78 is 1.94. The van der Waals surface area contributed by atoms with Crippen LogP contribution in [0, 0.1) is 0 Å². The molecular formula is C19H19N3O2. The van der Waals surface area contributed by atoms with Gasteiger partial charge in [0, 0.05) is 32.1 Å². The second-order valence-electron chi connectivity index (χ2n) is 5.76. The highest BCUT2D eigenvalue weighted by Gasteiger charge is 2.14. The van der Waals surface area contributed by atoms with Gasteiger partial charge in [0.25, 0.3) is 0 Å². The normalized spacial score (nSPS) is 10.6. The molecule has 5 nitrogen and oxygen atoms in total. The Labute approximate surface area is 140 Å². The molecule has 0 spiro atoms. The third-order valence-corrected chi connectivity index (χ3v) is 3.84. The number of rotatable bonds is 4. The van der Waals surface area contributed by atoms with Crippen LogP contribution in [-0.4, -0.2) is 39.6 Å². The first-order valence-corrected chi connectivity index (χ1v) is 7.67. The quantitative estimate of drug-likeness (QED) is 0.804. The summed E-state index contributed by atoms with van der Waals surface area (Å²) in [4.78, 5) is 18.1. The van der Waals surface area contributed by atoms with Crippen molar-refractivity contribution in [2.24, 2.45) is 0 Å². The number of likely N-dealkylation sites (N-methyl/N-ethyl adjacent to an activating group) is 1. The van der Waals surface area contributed by atoms with E-state index in [4.69, 9.17) is 0 Å². The van der Waals surface area contributed by atoms with Gasteiger partial charge < -0.3 is 10.0 Å². The number of imidazole rings is 1. The van der Waals surface area contributed by atoms with Gasteiger partial charge in [-0.15, -0.1) is 0 Å². The van der Waals surface area contributed by atoms with E-state index in [-0.39, 0.29) is 11.7 Å². The van der Waals surface area contributed by atoms with Gasteiger partial charge in [-0.3, -0.25) is 9.36 Å². The van der Waals surface area contributed by atoms with Crippen LogP contribution in [0.1, 0.15) is 5.56 Å². The van der Waals surface area contributed by atoms with Gasteiger partial charge in [-0.05, 0) is 23.8 Å². The van der Waals surface area contributed by atoms with E-state index in [0.29, 0.717) is 6.42 Å². The Hall–Kier alpha value is -3.08. The van der Waals surface area contributed by atoms with Crippen molar-refractivity contribution in [2.75, 3.05) is 14.1 Å². The van der Waals surface area contributed by atoms with E-state index in [1.54, 1.807) is 43.4 Å². The number of hydrogen-bond donors (Lipinski definition) is 1. The van der Waals surface area contributed by atoms with Crippen molar-refractivity contribution in [1.82, 2.24) is 14.5 Å². The zero-order chi connectivity index (χ0) is 17.1. The number of benzene rings is 2. The standard InChI is InChI=1S/C19H19N3O2/c1-21(2)18(24)13-14-6-3-4-9-17(14)22-11-10-20-19(22)15-7-5-8-16(23)12-15/h3-12,23H,13H2,1-2H3. The molecule has 0 aliphatic rings. The van der Waals surface area contributed by atoms with Gasteiger partial charge in [0.2, 0.25) is 5.91 Å². The summed E-state index contributed by atoms with van der Waals surface area (Å²) in [6.07, 6.45) is 3.89. The molecule has 3 rings (SSSR count). The molecular weight excluding hydrogens is 302 g/mol. The van der Waals surface area contributed by atoms with Crippen LogP contribution < -0.4 is 0 Å². The minimum atomic E-state index is 0.0430. The zero-order valence-corrected chi connectivity index (χ0v) is 13.7. The number of para-hydroxylation sites is 1. The lowest BCUT2D eigenvalue weighted by molar-refractivity contribution is -0.127. The van der Waals surface area contributed by atoms with Crippen molar-refractivity contribution in [2.45, 2.75) is 6.42 Å². The van der Waals surface area contributed by atoms with E-state index in [1.807, 2.05) is 41.1 Å². The molecule has 1 N–H and O–H groups in total. The summed E-state index contributed by atoms with van der Waals surface area (Å²) in [6.45, 7) is 0. The smallest absolute Gasteiger partial charge is 0.226 e. The molecule has 2 aromatic carbocycles. The van der Waals surface area contributed by atoms with Gasteiger partial charge >= 0.3 is 0 Å². The fourth-order valence-electron chi connectivity index (χ4n) is 2.57. The van der Waals surface area contributed by atoms with E-state index >= 15 is 0 Å². The molecule has 0 fully saturated rings. The average molecular weight is 321 g/mol. The van der Waals surface area contributed by atoms with Crippen molar-refractivity contribution >= 4 is 5.91 Å². The Bertz CT molecular complexity index is 868. The number of aromatic nitrogens is 2. The van der Waals surface area contributed by atoms with Crippen LogP contribution in [0.5, 0.6) is 5.75 Å². The van der Waals surface area contributed by atoms with Gasteiger partial charge in [0.05, 0.1) is 12.1 Å². The van der Waals surface area contributed by atoms with Crippen molar-refractivity contribution in [3.05, 3.63) is 66.5 Å². The van der Waals surface area contributed by atoms with E-state index in [9.17, 15) is 9.90 Å². The summed E-state index contributed by atoms with van der Waals surface area (Å²) in [5, 5.41) is 9.72. The van der Waals surface area contributed by atoms with Crippen LogP contribution in [0.2, 0.25) is 0 Å². The van der Waals surface area contributed by atoms with Crippen molar-refractivity contribution in [1.29, 1.82) is 0 Å². The second-order valence-corrected chi connectivity index (χ2v) is 5.76. The fourth-order valence-corrected chi connectivity index (χ4v) is 2.57. The molecule has 0 atom stereocenters. The number of carbonyl (C=O) groups is 1. The summed E-state index contributed by atoms with van der Waals surface area (Å²) in [5.41, 5.74) is 2.65. The molecule has 0 bridgehead atoms. The molecule has 0 saturated carbocycles. The molecule has 1 aromatic heterocycles. The number of hydrogen-bond acceptors (Lipinski definition) is 3. The highest BCUT2D eigenvalue weighted by molar-refractivity contribution is 5.79. The number of carbonyl (C=O) groups excluding carboxylic acids is 1. The molecule has 1 heterocycles. The highest BCUT2D eigenvalue weighted by atomic mass is 16.3. The predicted molar refractivity (Wildman–Crippen MR) is 93.1 cm³/mol. The van der Waals surface area contributed by atoms with E-state index in [1.165, 1.54) is 0 Å². The number of phenols is 1. The Kier molecular flexibility index (Phi) is 4.33. The SMILES string of the molecule is CN(C)C(=O)Cc1ccccc1-n1ccnc1-c1cccc(O)c1. The Morgan fingerprint density at radius 2 is 1.96 bits per heavy atom. The van der Waals surface area contributed by atoms with E-state index in [0.717, 1.165) is 22.6 Å². The summed E-state index contributed by atoms with van der Waals surface area (Å²) in [6, 6.07) is 14.7. The lowest BCUT2D eigenvalue weighted by Crippen LogP contribution is -2.24. The second kappa shape index (κ2) is 6.58. The molecule has 24 heavy (non-hydrogen) atoms.